The van der Waals surface area contributed by atoms with Crippen molar-refractivity contribution in [2.24, 2.45) is 0 Å². The molecule has 1 aromatic carbocycles. The fourth-order valence-corrected chi connectivity index (χ4v) is 3.05. The maximum Gasteiger partial charge on any atom is 0.127 e. The highest BCUT2D eigenvalue weighted by Gasteiger charge is 2.32. The molecule has 104 valence electrons. The van der Waals surface area contributed by atoms with Crippen LogP contribution in [0, 0.1) is 0 Å². The van der Waals surface area contributed by atoms with Crippen LogP contribution in [0.3, 0.4) is 0 Å². The third-order valence-corrected chi connectivity index (χ3v) is 4.23. The van der Waals surface area contributed by atoms with Gasteiger partial charge in [-0.2, -0.15) is 0 Å². The lowest BCUT2D eigenvalue weighted by atomic mass is 10.00. The molecule has 0 spiro atoms. The molecule has 3 heteroatoms. The molecule has 2 aliphatic heterocycles. The van der Waals surface area contributed by atoms with Gasteiger partial charge in [-0.05, 0) is 26.0 Å². The summed E-state index contributed by atoms with van der Waals surface area (Å²) in [7, 11) is 0. The Balaban J connectivity index is 1.80. The van der Waals surface area contributed by atoms with Crippen LogP contribution in [0.4, 0.5) is 0 Å². The van der Waals surface area contributed by atoms with Crippen LogP contribution in [-0.4, -0.2) is 36.2 Å². The van der Waals surface area contributed by atoms with Gasteiger partial charge in [-0.25, -0.2) is 0 Å². The van der Waals surface area contributed by atoms with Gasteiger partial charge in [0.2, 0.25) is 0 Å². The topological polar surface area (TPSA) is 24.5 Å². The molecule has 0 bridgehead atoms. The zero-order chi connectivity index (χ0) is 13.5. The van der Waals surface area contributed by atoms with Crippen molar-refractivity contribution in [3.05, 3.63) is 29.3 Å². The second-order valence-corrected chi connectivity index (χ2v) is 6.32. The van der Waals surface area contributed by atoms with Crippen molar-refractivity contribution in [2.45, 2.75) is 45.4 Å². The van der Waals surface area contributed by atoms with E-state index >= 15 is 0 Å². The number of nitrogens with zero attached hydrogens (tertiary/aromatic N) is 1. The number of fused-ring (bicyclic) bond motifs is 1. The highest BCUT2D eigenvalue weighted by Crippen LogP contribution is 2.38. The van der Waals surface area contributed by atoms with Gasteiger partial charge in [-0.15, -0.1) is 0 Å². The quantitative estimate of drug-likeness (QED) is 0.898. The summed E-state index contributed by atoms with van der Waals surface area (Å²) in [6.45, 7) is 10.9. The molecule has 1 fully saturated rings. The Labute approximate surface area is 115 Å². The van der Waals surface area contributed by atoms with Crippen LogP contribution in [0.15, 0.2) is 18.2 Å². The lowest BCUT2D eigenvalue weighted by Crippen LogP contribution is -2.56. The minimum atomic E-state index is -0.0481. The molecule has 0 unspecified atom stereocenters. The molecule has 19 heavy (non-hydrogen) atoms. The fourth-order valence-electron chi connectivity index (χ4n) is 3.05. The molecule has 1 N–H and O–H groups in total. The summed E-state index contributed by atoms with van der Waals surface area (Å²) in [5, 5.41) is 3.35. The Morgan fingerprint density at radius 2 is 2.16 bits per heavy atom. The first kappa shape index (κ1) is 12.9. The average Bonchev–Trinajstić information content (AvgIpc) is 2.60. The predicted octanol–water partition coefficient (Wildman–Crippen LogP) is 2.19. The lowest BCUT2D eigenvalue weighted by molar-refractivity contribution is 0.126. The number of benzene rings is 1. The molecule has 2 aliphatic rings. The Hall–Kier alpha value is -1.06. The zero-order valence-corrected chi connectivity index (χ0v) is 12.2. The van der Waals surface area contributed by atoms with E-state index in [2.05, 4.69) is 49.2 Å². The van der Waals surface area contributed by atoms with Crippen LogP contribution in [0.2, 0.25) is 0 Å². The van der Waals surface area contributed by atoms with Gasteiger partial charge in [-0.1, -0.05) is 25.1 Å². The third-order valence-electron chi connectivity index (χ3n) is 4.23. The van der Waals surface area contributed by atoms with Crippen LogP contribution in [0.1, 0.15) is 31.9 Å². The van der Waals surface area contributed by atoms with Crippen molar-refractivity contribution < 1.29 is 4.74 Å². The van der Waals surface area contributed by atoms with Crippen molar-refractivity contribution in [1.82, 2.24) is 10.2 Å². The van der Waals surface area contributed by atoms with E-state index < -0.39 is 0 Å². The van der Waals surface area contributed by atoms with E-state index in [-0.39, 0.29) is 5.60 Å². The van der Waals surface area contributed by atoms with Crippen molar-refractivity contribution in [2.75, 3.05) is 19.6 Å². The number of hydrogen-bond acceptors (Lipinski definition) is 3. The summed E-state index contributed by atoms with van der Waals surface area (Å²) in [5.74, 6) is 1.14. The molecular formula is C16H24N2O. The average molecular weight is 260 g/mol. The first-order chi connectivity index (χ1) is 9.09. The molecule has 3 rings (SSSR count). The summed E-state index contributed by atoms with van der Waals surface area (Å²) in [5.41, 5.74) is 2.66. The smallest absolute Gasteiger partial charge is 0.127 e. The Morgan fingerprint density at radius 1 is 1.37 bits per heavy atom. The van der Waals surface area contributed by atoms with Crippen molar-refractivity contribution >= 4 is 0 Å². The van der Waals surface area contributed by atoms with Gasteiger partial charge in [0.25, 0.3) is 0 Å². The van der Waals surface area contributed by atoms with Gasteiger partial charge in [0, 0.05) is 37.7 Å². The first-order valence-corrected chi connectivity index (χ1v) is 7.33. The standard InChI is InChI=1S/C16H24N2O/c1-4-18(14-9-17-10-14)11-13-7-5-6-12-8-16(2,3)19-15(12)13/h5-7,14,17H,4,8-11H2,1-3H3. The van der Waals surface area contributed by atoms with E-state index in [0.717, 1.165) is 38.3 Å². The number of ether oxygens (including phenoxy) is 1. The Kier molecular flexibility index (Phi) is 3.27. The minimum Gasteiger partial charge on any atom is -0.487 e. The van der Waals surface area contributed by atoms with E-state index in [1.54, 1.807) is 0 Å². The van der Waals surface area contributed by atoms with E-state index in [1.165, 1.54) is 11.1 Å². The molecule has 1 aromatic rings. The zero-order valence-electron chi connectivity index (χ0n) is 12.2. The molecule has 0 aliphatic carbocycles. The summed E-state index contributed by atoms with van der Waals surface area (Å²) in [6.07, 6.45) is 1.02. The number of hydrogen-bond donors (Lipinski definition) is 1. The van der Waals surface area contributed by atoms with Crippen LogP contribution >= 0.6 is 0 Å². The second kappa shape index (κ2) is 4.80. The lowest BCUT2D eigenvalue weighted by Gasteiger charge is -2.37. The monoisotopic (exact) mass is 260 g/mol. The molecule has 3 nitrogen and oxygen atoms in total. The molecule has 0 saturated carbocycles. The van der Waals surface area contributed by atoms with Crippen molar-refractivity contribution in [1.29, 1.82) is 0 Å². The Bertz CT molecular complexity index is 466. The highest BCUT2D eigenvalue weighted by molar-refractivity contribution is 5.45. The largest absolute Gasteiger partial charge is 0.487 e. The Morgan fingerprint density at radius 3 is 2.79 bits per heavy atom. The van der Waals surface area contributed by atoms with Crippen LogP contribution < -0.4 is 10.1 Å². The highest BCUT2D eigenvalue weighted by atomic mass is 16.5. The first-order valence-electron chi connectivity index (χ1n) is 7.33. The number of nitrogens with one attached hydrogen (secondary N) is 1. The van der Waals surface area contributed by atoms with Gasteiger partial charge < -0.3 is 10.1 Å². The maximum atomic E-state index is 6.16. The van der Waals surface area contributed by atoms with Crippen molar-refractivity contribution in [3.8, 4) is 5.75 Å². The SMILES string of the molecule is CCN(Cc1cccc2c1OC(C)(C)C2)C1CNC1. The molecule has 1 saturated heterocycles. The summed E-state index contributed by atoms with van der Waals surface area (Å²) >= 11 is 0. The number of rotatable bonds is 4. The van der Waals surface area contributed by atoms with Gasteiger partial charge in [0.1, 0.15) is 11.4 Å². The minimum absolute atomic E-state index is 0.0481. The summed E-state index contributed by atoms with van der Waals surface area (Å²) in [6, 6.07) is 7.28. The van der Waals surface area contributed by atoms with Crippen LogP contribution in [-0.2, 0) is 13.0 Å². The van der Waals surface area contributed by atoms with E-state index in [0.29, 0.717) is 6.04 Å². The van der Waals surface area contributed by atoms with Gasteiger partial charge in [0.05, 0.1) is 0 Å². The predicted molar refractivity (Wildman–Crippen MR) is 77.6 cm³/mol. The van der Waals surface area contributed by atoms with E-state index in [4.69, 9.17) is 4.74 Å². The van der Waals surface area contributed by atoms with E-state index in [9.17, 15) is 0 Å². The third kappa shape index (κ3) is 2.49. The van der Waals surface area contributed by atoms with Gasteiger partial charge in [0.15, 0.2) is 0 Å². The summed E-state index contributed by atoms with van der Waals surface area (Å²) in [4.78, 5) is 2.54. The molecule has 0 radical (unpaired) electrons. The second-order valence-electron chi connectivity index (χ2n) is 6.32. The molecular weight excluding hydrogens is 236 g/mol. The van der Waals surface area contributed by atoms with E-state index in [1.807, 2.05) is 0 Å². The molecule has 2 heterocycles. The summed E-state index contributed by atoms with van der Waals surface area (Å²) < 4.78 is 6.16. The van der Waals surface area contributed by atoms with Crippen LogP contribution in [0.25, 0.3) is 0 Å². The number of para-hydroxylation sites is 1. The maximum absolute atomic E-state index is 6.16. The fraction of sp³-hybridized carbons (Fsp3) is 0.625. The molecule has 0 atom stereocenters. The molecule has 0 amide bonds. The van der Waals surface area contributed by atoms with Gasteiger partial charge >= 0.3 is 0 Å². The normalized spacial score (nSPS) is 21.1. The van der Waals surface area contributed by atoms with Gasteiger partial charge in [-0.3, -0.25) is 4.90 Å². The van der Waals surface area contributed by atoms with Crippen molar-refractivity contribution in [3.63, 3.8) is 0 Å². The molecule has 0 aromatic heterocycles. The number of likely N-dealkylation sites (N-methyl/N-ethyl adjacent to an activating group) is 1. The van der Waals surface area contributed by atoms with Crippen LogP contribution in [0.5, 0.6) is 5.75 Å².